The van der Waals surface area contributed by atoms with Crippen LogP contribution in [0.1, 0.15) is 30.1 Å². The van der Waals surface area contributed by atoms with Crippen molar-refractivity contribution in [3.63, 3.8) is 0 Å². The van der Waals surface area contributed by atoms with E-state index in [1.54, 1.807) is 0 Å². The average Bonchev–Trinajstić information content (AvgIpc) is 3.31. The zero-order valence-electron chi connectivity index (χ0n) is 12.6. The van der Waals surface area contributed by atoms with Gasteiger partial charge in [-0.15, -0.1) is 0 Å². The molecule has 7 heteroatoms. The molecule has 2 rings (SSSR count). The van der Waals surface area contributed by atoms with E-state index in [0.29, 0.717) is 0 Å². The molecule has 1 aromatic rings. The van der Waals surface area contributed by atoms with Gasteiger partial charge in [-0.25, -0.2) is 9.18 Å². The molecule has 0 saturated heterocycles. The summed E-state index contributed by atoms with van der Waals surface area (Å²) in [5.41, 5.74) is -0.224. The monoisotopic (exact) mass is 311 g/mol. The van der Waals surface area contributed by atoms with E-state index >= 15 is 0 Å². The summed E-state index contributed by atoms with van der Waals surface area (Å²) in [5, 5.41) is 9.14. The highest BCUT2D eigenvalue weighted by atomic mass is 19.1. The summed E-state index contributed by atoms with van der Waals surface area (Å²) < 4.78 is 24.2. The Bertz CT molecular complexity index is 600. The standard InChI is InChI=1S/C15H18FNO5/c1-8(15(19)20)17(9-4-5-9)14(18)10-6-12(21-2)13(22-3)7-11(10)16/h6-9H,4-5H2,1-3H3,(H,19,20). The van der Waals surface area contributed by atoms with Gasteiger partial charge in [0.25, 0.3) is 5.91 Å². The van der Waals surface area contributed by atoms with Crippen LogP contribution < -0.4 is 9.47 Å². The first-order chi connectivity index (χ1) is 10.4. The SMILES string of the molecule is COc1cc(F)c(C(=O)N(C2CC2)C(C)C(=O)O)cc1OC. The molecule has 0 aliphatic heterocycles. The maximum atomic E-state index is 14.2. The van der Waals surface area contributed by atoms with Crippen LogP contribution in [-0.2, 0) is 4.79 Å². The molecule has 0 radical (unpaired) electrons. The normalized spacial score (nSPS) is 15.1. The third-order valence-electron chi connectivity index (χ3n) is 3.65. The number of aliphatic carboxylic acids is 1. The fourth-order valence-corrected chi connectivity index (χ4v) is 2.29. The van der Waals surface area contributed by atoms with Gasteiger partial charge in [0.1, 0.15) is 11.9 Å². The summed E-state index contributed by atoms with van der Waals surface area (Å²) >= 11 is 0. The van der Waals surface area contributed by atoms with E-state index in [0.717, 1.165) is 18.9 Å². The number of carbonyl (C=O) groups excluding carboxylic acids is 1. The first-order valence-corrected chi connectivity index (χ1v) is 6.87. The molecule has 1 amide bonds. The Labute approximate surface area is 127 Å². The number of hydrogen-bond donors (Lipinski definition) is 1. The number of carboxylic acids is 1. The predicted molar refractivity (Wildman–Crippen MR) is 75.8 cm³/mol. The van der Waals surface area contributed by atoms with Crippen molar-refractivity contribution in [2.45, 2.75) is 31.8 Å². The van der Waals surface area contributed by atoms with Gasteiger partial charge in [-0.3, -0.25) is 4.79 Å². The number of hydrogen-bond acceptors (Lipinski definition) is 4. The molecular weight excluding hydrogens is 293 g/mol. The second kappa shape index (κ2) is 6.21. The number of rotatable bonds is 6. The molecule has 0 aromatic heterocycles. The second-order valence-corrected chi connectivity index (χ2v) is 5.14. The minimum atomic E-state index is -1.12. The molecular formula is C15H18FNO5. The second-order valence-electron chi connectivity index (χ2n) is 5.14. The van der Waals surface area contributed by atoms with Crippen molar-refractivity contribution in [2.75, 3.05) is 14.2 Å². The van der Waals surface area contributed by atoms with Crippen molar-refractivity contribution < 1.29 is 28.6 Å². The zero-order valence-corrected chi connectivity index (χ0v) is 12.6. The number of carboxylic acid groups (broad SMARTS) is 1. The van der Waals surface area contributed by atoms with Gasteiger partial charge in [0, 0.05) is 12.1 Å². The first kappa shape index (κ1) is 16.1. The topological polar surface area (TPSA) is 76.1 Å². The summed E-state index contributed by atoms with van der Waals surface area (Å²) in [5.74, 6) is -2.17. The van der Waals surface area contributed by atoms with E-state index in [1.807, 2.05) is 0 Å². The largest absolute Gasteiger partial charge is 0.493 e. The van der Waals surface area contributed by atoms with Gasteiger partial charge in [-0.2, -0.15) is 0 Å². The van der Waals surface area contributed by atoms with Crippen molar-refractivity contribution >= 4 is 11.9 Å². The molecule has 0 heterocycles. The minimum absolute atomic E-state index is 0.161. The van der Waals surface area contributed by atoms with Gasteiger partial charge in [0.2, 0.25) is 0 Å². The van der Waals surface area contributed by atoms with Crippen LogP contribution in [0.25, 0.3) is 0 Å². The van der Waals surface area contributed by atoms with Crippen LogP contribution in [0.2, 0.25) is 0 Å². The maximum absolute atomic E-state index is 14.2. The fraction of sp³-hybridized carbons (Fsp3) is 0.467. The van der Waals surface area contributed by atoms with Crippen molar-refractivity contribution in [1.29, 1.82) is 0 Å². The lowest BCUT2D eigenvalue weighted by atomic mass is 10.1. The van der Waals surface area contributed by atoms with Crippen LogP contribution in [0, 0.1) is 5.82 Å². The van der Waals surface area contributed by atoms with Gasteiger partial charge in [-0.05, 0) is 25.8 Å². The van der Waals surface area contributed by atoms with Gasteiger partial charge in [0.15, 0.2) is 11.5 Å². The Morgan fingerprint density at radius 3 is 2.27 bits per heavy atom. The highest BCUT2D eigenvalue weighted by molar-refractivity contribution is 5.97. The molecule has 120 valence electrons. The third kappa shape index (κ3) is 2.98. The molecule has 6 nitrogen and oxygen atoms in total. The van der Waals surface area contributed by atoms with Crippen LogP contribution in [0.3, 0.4) is 0 Å². The van der Waals surface area contributed by atoms with Crippen molar-refractivity contribution in [1.82, 2.24) is 4.90 Å². The molecule has 0 bridgehead atoms. The average molecular weight is 311 g/mol. The third-order valence-corrected chi connectivity index (χ3v) is 3.65. The lowest BCUT2D eigenvalue weighted by Crippen LogP contribution is -2.45. The summed E-state index contributed by atoms with van der Waals surface area (Å²) in [6.07, 6.45) is 1.44. The van der Waals surface area contributed by atoms with Gasteiger partial charge < -0.3 is 19.5 Å². The van der Waals surface area contributed by atoms with Gasteiger partial charge >= 0.3 is 5.97 Å². The smallest absolute Gasteiger partial charge is 0.326 e. The van der Waals surface area contributed by atoms with Crippen molar-refractivity contribution in [2.24, 2.45) is 0 Å². The number of ether oxygens (including phenoxy) is 2. The zero-order chi connectivity index (χ0) is 16.4. The molecule has 1 aliphatic carbocycles. The highest BCUT2D eigenvalue weighted by Gasteiger charge is 2.39. The number of methoxy groups -OCH3 is 2. The predicted octanol–water partition coefficient (Wildman–Crippen LogP) is 1.92. The summed E-state index contributed by atoms with van der Waals surface area (Å²) in [4.78, 5) is 25.0. The number of amides is 1. The quantitative estimate of drug-likeness (QED) is 0.868. The minimum Gasteiger partial charge on any atom is -0.493 e. The number of halogens is 1. The van der Waals surface area contributed by atoms with E-state index in [1.165, 1.54) is 32.1 Å². The summed E-state index contributed by atoms with van der Waals surface area (Å²) in [6.45, 7) is 1.41. The molecule has 1 fully saturated rings. The molecule has 1 atom stereocenters. The van der Waals surface area contributed by atoms with Gasteiger partial charge in [-0.1, -0.05) is 0 Å². The van der Waals surface area contributed by atoms with E-state index in [4.69, 9.17) is 14.6 Å². The lowest BCUT2D eigenvalue weighted by Gasteiger charge is -2.27. The molecule has 1 unspecified atom stereocenters. The molecule has 1 N–H and O–H groups in total. The van der Waals surface area contributed by atoms with Crippen LogP contribution >= 0.6 is 0 Å². The summed E-state index contributed by atoms with van der Waals surface area (Å²) in [7, 11) is 2.74. The molecule has 22 heavy (non-hydrogen) atoms. The number of benzene rings is 1. The number of nitrogens with zero attached hydrogens (tertiary/aromatic N) is 1. The van der Waals surface area contributed by atoms with Crippen LogP contribution in [0.4, 0.5) is 4.39 Å². The van der Waals surface area contributed by atoms with Crippen LogP contribution in [0.15, 0.2) is 12.1 Å². The lowest BCUT2D eigenvalue weighted by molar-refractivity contribution is -0.141. The Balaban J connectivity index is 2.40. The molecule has 0 spiro atoms. The van der Waals surface area contributed by atoms with Crippen LogP contribution in [-0.4, -0.2) is 48.2 Å². The first-order valence-electron chi connectivity index (χ1n) is 6.87. The molecule has 1 saturated carbocycles. The Hall–Kier alpha value is -2.31. The highest BCUT2D eigenvalue weighted by Crippen LogP contribution is 2.34. The molecule has 1 aliphatic rings. The van der Waals surface area contributed by atoms with E-state index in [-0.39, 0.29) is 23.1 Å². The van der Waals surface area contributed by atoms with Gasteiger partial charge in [0.05, 0.1) is 19.8 Å². The van der Waals surface area contributed by atoms with E-state index in [2.05, 4.69) is 0 Å². The maximum Gasteiger partial charge on any atom is 0.326 e. The van der Waals surface area contributed by atoms with Crippen molar-refractivity contribution in [3.05, 3.63) is 23.5 Å². The van der Waals surface area contributed by atoms with E-state index in [9.17, 15) is 14.0 Å². The fourth-order valence-electron chi connectivity index (χ4n) is 2.29. The Morgan fingerprint density at radius 2 is 1.82 bits per heavy atom. The van der Waals surface area contributed by atoms with E-state index < -0.39 is 23.7 Å². The summed E-state index contributed by atoms with van der Waals surface area (Å²) in [6, 6.07) is 1.11. The Kier molecular flexibility index (Phi) is 4.54. The van der Waals surface area contributed by atoms with Crippen LogP contribution in [0.5, 0.6) is 11.5 Å². The molecule has 1 aromatic carbocycles. The Morgan fingerprint density at radius 1 is 1.27 bits per heavy atom. The van der Waals surface area contributed by atoms with Crippen molar-refractivity contribution in [3.8, 4) is 11.5 Å². The number of carbonyl (C=O) groups is 2.